The van der Waals surface area contributed by atoms with Gasteiger partial charge < -0.3 is 5.11 Å². The first-order valence-electron chi connectivity index (χ1n) is 3.59. The van der Waals surface area contributed by atoms with Gasteiger partial charge >= 0.3 is 5.97 Å². The quantitative estimate of drug-likeness (QED) is 0.791. The molecular formula is C9H9BrO2. The minimum Gasteiger partial charge on any atom is -0.478 e. The van der Waals surface area contributed by atoms with Crippen molar-refractivity contribution in [2.45, 2.75) is 11.8 Å². The first kappa shape index (κ1) is 9.26. The maximum Gasteiger partial charge on any atom is 0.336 e. The fourth-order valence-corrected chi connectivity index (χ4v) is 1.44. The Labute approximate surface area is 79.3 Å². The normalized spacial score (nSPS) is 12.5. The van der Waals surface area contributed by atoms with Gasteiger partial charge in [0.05, 0.1) is 5.56 Å². The highest BCUT2D eigenvalue weighted by Gasteiger charge is 2.11. The third kappa shape index (κ3) is 1.85. The molecule has 1 rings (SSSR count). The molecule has 1 aromatic carbocycles. The van der Waals surface area contributed by atoms with Gasteiger partial charge in [-0.05, 0) is 18.6 Å². The second-order valence-corrected chi connectivity index (χ2v) is 3.88. The zero-order valence-electron chi connectivity index (χ0n) is 6.62. The van der Waals surface area contributed by atoms with Crippen molar-refractivity contribution in [3.63, 3.8) is 0 Å². The molecule has 1 N–H and O–H groups in total. The van der Waals surface area contributed by atoms with Gasteiger partial charge in [-0.1, -0.05) is 34.1 Å². The highest BCUT2D eigenvalue weighted by molar-refractivity contribution is 9.09. The van der Waals surface area contributed by atoms with Crippen LogP contribution in [0.4, 0.5) is 0 Å². The van der Waals surface area contributed by atoms with Crippen LogP contribution in [0.25, 0.3) is 0 Å². The molecule has 0 spiro atoms. The molecule has 0 fully saturated rings. The Morgan fingerprint density at radius 1 is 1.50 bits per heavy atom. The number of rotatable bonds is 2. The first-order valence-corrected chi connectivity index (χ1v) is 4.51. The fraction of sp³-hybridized carbons (Fsp3) is 0.222. The summed E-state index contributed by atoms with van der Waals surface area (Å²) in [5.41, 5.74) is 1.17. The van der Waals surface area contributed by atoms with Gasteiger partial charge in [0.2, 0.25) is 0 Å². The van der Waals surface area contributed by atoms with E-state index in [0.717, 1.165) is 5.56 Å². The molecule has 64 valence electrons. The molecule has 0 amide bonds. The number of aromatic carboxylic acids is 1. The number of hydrogen-bond acceptors (Lipinski definition) is 1. The van der Waals surface area contributed by atoms with E-state index in [1.165, 1.54) is 0 Å². The SMILES string of the molecule is CC(Br)c1ccccc1C(=O)O. The van der Waals surface area contributed by atoms with Crippen LogP contribution < -0.4 is 0 Å². The van der Waals surface area contributed by atoms with E-state index in [-0.39, 0.29) is 4.83 Å². The minimum atomic E-state index is -0.878. The first-order chi connectivity index (χ1) is 5.63. The van der Waals surface area contributed by atoms with Crippen LogP contribution in [0.1, 0.15) is 27.7 Å². The molecule has 0 aromatic heterocycles. The monoisotopic (exact) mass is 228 g/mol. The van der Waals surface area contributed by atoms with Gasteiger partial charge in [-0.2, -0.15) is 0 Å². The molecule has 1 aromatic rings. The fourth-order valence-electron chi connectivity index (χ4n) is 1.04. The molecule has 0 heterocycles. The lowest BCUT2D eigenvalue weighted by atomic mass is 10.1. The summed E-state index contributed by atoms with van der Waals surface area (Å²) in [4.78, 5) is 10.8. The molecular weight excluding hydrogens is 220 g/mol. The zero-order valence-corrected chi connectivity index (χ0v) is 8.21. The molecule has 12 heavy (non-hydrogen) atoms. The summed E-state index contributed by atoms with van der Waals surface area (Å²) in [6.07, 6.45) is 0. The van der Waals surface area contributed by atoms with Crippen LogP contribution in [-0.2, 0) is 0 Å². The van der Waals surface area contributed by atoms with E-state index in [1.54, 1.807) is 12.1 Å². The van der Waals surface area contributed by atoms with E-state index in [9.17, 15) is 4.79 Å². The van der Waals surface area contributed by atoms with E-state index in [0.29, 0.717) is 5.56 Å². The molecule has 2 nitrogen and oxygen atoms in total. The second kappa shape index (κ2) is 3.72. The largest absolute Gasteiger partial charge is 0.478 e. The van der Waals surface area contributed by atoms with Gasteiger partial charge in [-0.15, -0.1) is 0 Å². The Balaban J connectivity index is 3.17. The minimum absolute atomic E-state index is 0.0739. The Morgan fingerprint density at radius 2 is 2.08 bits per heavy atom. The molecule has 0 aliphatic heterocycles. The van der Waals surface area contributed by atoms with E-state index in [4.69, 9.17) is 5.11 Å². The second-order valence-electron chi connectivity index (χ2n) is 2.51. The Kier molecular flexibility index (Phi) is 2.87. The summed E-state index contributed by atoms with van der Waals surface area (Å²) in [6, 6.07) is 6.97. The molecule has 3 heteroatoms. The lowest BCUT2D eigenvalue weighted by Crippen LogP contribution is -2.01. The maximum atomic E-state index is 10.7. The number of hydrogen-bond donors (Lipinski definition) is 1. The molecule has 0 saturated carbocycles. The average molecular weight is 229 g/mol. The number of alkyl halides is 1. The van der Waals surface area contributed by atoms with Crippen molar-refractivity contribution in [1.82, 2.24) is 0 Å². The predicted molar refractivity (Wildman–Crippen MR) is 50.7 cm³/mol. The van der Waals surface area contributed by atoms with Crippen LogP contribution in [0, 0.1) is 0 Å². The Morgan fingerprint density at radius 3 is 2.50 bits per heavy atom. The highest BCUT2D eigenvalue weighted by Crippen LogP contribution is 2.24. The molecule has 0 bridgehead atoms. The van der Waals surface area contributed by atoms with Crippen LogP contribution in [0.5, 0.6) is 0 Å². The molecule has 0 aliphatic carbocycles. The van der Waals surface area contributed by atoms with Gasteiger partial charge in [0.1, 0.15) is 0 Å². The van der Waals surface area contributed by atoms with Gasteiger partial charge in [0, 0.05) is 4.83 Å². The molecule has 0 aliphatic rings. The van der Waals surface area contributed by atoms with Crippen LogP contribution in [-0.4, -0.2) is 11.1 Å². The predicted octanol–water partition coefficient (Wildman–Crippen LogP) is 2.84. The average Bonchev–Trinajstić information content (AvgIpc) is 2.04. The third-order valence-corrected chi connectivity index (χ3v) is 2.11. The van der Waals surface area contributed by atoms with E-state index in [2.05, 4.69) is 15.9 Å². The highest BCUT2D eigenvalue weighted by atomic mass is 79.9. The van der Waals surface area contributed by atoms with Gasteiger partial charge in [-0.3, -0.25) is 0 Å². The summed E-state index contributed by atoms with van der Waals surface area (Å²) in [7, 11) is 0. The zero-order chi connectivity index (χ0) is 9.14. The van der Waals surface area contributed by atoms with Crippen LogP contribution in [0.2, 0.25) is 0 Å². The smallest absolute Gasteiger partial charge is 0.336 e. The van der Waals surface area contributed by atoms with E-state index < -0.39 is 5.97 Å². The standard InChI is InChI=1S/C9H9BrO2/c1-6(10)7-4-2-3-5-8(7)9(11)12/h2-6H,1H3,(H,11,12). The van der Waals surface area contributed by atoms with Crippen molar-refractivity contribution in [2.24, 2.45) is 0 Å². The van der Waals surface area contributed by atoms with Gasteiger partial charge in [0.25, 0.3) is 0 Å². The lowest BCUT2D eigenvalue weighted by molar-refractivity contribution is 0.0695. The van der Waals surface area contributed by atoms with Crippen molar-refractivity contribution in [3.8, 4) is 0 Å². The summed E-state index contributed by atoms with van der Waals surface area (Å²) in [6.45, 7) is 1.90. The van der Waals surface area contributed by atoms with Crippen molar-refractivity contribution in [2.75, 3.05) is 0 Å². The molecule has 0 radical (unpaired) electrons. The van der Waals surface area contributed by atoms with Crippen LogP contribution in [0.15, 0.2) is 24.3 Å². The maximum absolute atomic E-state index is 10.7. The molecule has 0 saturated heterocycles. The van der Waals surface area contributed by atoms with E-state index >= 15 is 0 Å². The third-order valence-electron chi connectivity index (χ3n) is 1.62. The topological polar surface area (TPSA) is 37.3 Å². The number of carboxylic acids is 1. The van der Waals surface area contributed by atoms with Gasteiger partial charge in [0.15, 0.2) is 0 Å². The summed E-state index contributed by atoms with van der Waals surface area (Å²) in [5, 5.41) is 8.79. The molecule has 1 atom stereocenters. The van der Waals surface area contributed by atoms with E-state index in [1.807, 2.05) is 19.1 Å². The Hall–Kier alpha value is -0.830. The van der Waals surface area contributed by atoms with Crippen LogP contribution in [0.3, 0.4) is 0 Å². The molecule has 1 unspecified atom stereocenters. The van der Waals surface area contributed by atoms with Crippen molar-refractivity contribution >= 4 is 21.9 Å². The summed E-state index contributed by atoms with van der Waals surface area (Å²) in [5.74, 6) is -0.878. The number of halogens is 1. The number of benzene rings is 1. The number of carboxylic acid groups (broad SMARTS) is 1. The summed E-state index contributed by atoms with van der Waals surface area (Å²) < 4.78 is 0. The van der Waals surface area contributed by atoms with Crippen molar-refractivity contribution in [1.29, 1.82) is 0 Å². The summed E-state index contributed by atoms with van der Waals surface area (Å²) >= 11 is 3.34. The van der Waals surface area contributed by atoms with Gasteiger partial charge in [-0.25, -0.2) is 4.79 Å². The Bertz CT molecular complexity index is 294. The van der Waals surface area contributed by atoms with Crippen LogP contribution >= 0.6 is 15.9 Å². The number of carbonyl (C=O) groups is 1. The lowest BCUT2D eigenvalue weighted by Gasteiger charge is -2.06. The van der Waals surface area contributed by atoms with Crippen molar-refractivity contribution in [3.05, 3.63) is 35.4 Å². The van der Waals surface area contributed by atoms with Crippen molar-refractivity contribution < 1.29 is 9.90 Å².